The zero-order valence-corrected chi connectivity index (χ0v) is 18.1. The molecule has 1 saturated heterocycles. The molecule has 0 saturated carbocycles. The maximum atomic E-state index is 11.6. The van der Waals surface area contributed by atoms with Gasteiger partial charge in [-0.25, -0.2) is 13.4 Å². The van der Waals surface area contributed by atoms with Crippen LogP contribution in [0.1, 0.15) is 32.8 Å². The highest BCUT2D eigenvalue weighted by molar-refractivity contribution is 7.91. The normalized spacial score (nSPS) is 19.0. The first kappa shape index (κ1) is 22.5. The van der Waals surface area contributed by atoms with Gasteiger partial charge in [0.2, 0.25) is 0 Å². The summed E-state index contributed by atoms with van der Waals surface area (Å²) in [5.74, 6) is 1.95. The van der Waals surface area contributed by atoms with Crippen LogP contribution in [0.15, 0.2) is 29.3 Å². The third-order valence-corrected chi connectivity index (χ3v) is 6.60. The quantitative estimate of drug-likeness (QED) is 0.451. The number of nitrogens with zero attached hydrogens (tertiary/aromatic N) is 2. The average molecular weight is 411 g/mol. The number of nitrogens with one attached hydrogen (secondary N) is 2. The molecule has 158 valence electrons. The van der Waals surface area contributed by atoms with Crippen molar-refractivity contribution in [3.8, 4) is 5.75 Å². The standard InChI is InChI=1S/C20H34N4O3S/c1-4-21-20(23-18-11-14-28(25,26)16-18)22-15-17-7-9-19(10-8-17)27-13-12-24(5-2)6-3/h7-10,18H,4-6,11-16H2,1-3H3,(H2,21,22,23). The van der Waals surface area contributed by atoms with Crippen LogP contribution < -0.4 is 15.4 Å². The molecule has 28 heavy (non-hydrogen) atoms. The smallest absolute Gasteiger partial charge is 0.191 e. The van der Waals surface area contributed by atoms with Crippen molar-refractivity contribution in [3.63, 3.8) is 0 Å². The number of sulfone groups is 1. The van der Waals surface area contributed by atoms with Gasteiger partial charge in [-0.3, -0.25) is 0 Å². The van der Waals surface area contributed by atoms with E-state index in [2.05, 4.69) is 34.4 Å². The predicted octanol–water partition coefficient (Wildman–Crippen LogP) is 1.65. The number of ether oxygens (including phenoxy) is 1. The molecule has 1 aromatic carbocycles. The lowest BCUT2D eigenvalue weighted by Crippen LogP contribution is -2.44. The second kappa shape index (κ2) is 11.3. The average Bonchev–Trinajstić information content (AvgIpc) is 3.03. The summed E-state index contributed by atoms with van der Waals surface area (Å²) in [7, 11) is -2.91. The molecule has 0 aliphatic carbocycles. The fourth-order valence-corrected chi connectivity index (χ4v) is 4.79. The molecule has 0 aromatic heterocycles. The molecule has 1 aliphatic heterocycles. The van der Waals surface area contributed by atoms with Gasteiger partial charge in [-0.1, -0.05) is 26.0 Å². The molecule has 1 atom stereocenters. The fraction of sp³-hybridized carbons (Fsp3) is 0.650. The summed E-state index contributed by atoms with van der Waals surface area (Å²) in [5, 5.41) is 6.42. The lowest BCUT2D eigenvalue weighted by Gasteiger charge is -2.18. The zero-order chi connectivity index (χ0) is 20.4. The molecular weight excluding hydrogens is 376 g/mol. The van der Waals surface area contributed by atoms with Crippen LogP contribution >= 0.6 is 0 Å². The Bertz CT molecular complexity index is 715. The van der Waals surface area contributed by atoms with Gasteiger partial charge < -0.3 is 20.3 Å². The second-order valence-corrected chi connectivity index (χ2v) is 9.19. The third-order valence-electron chi connectivity index (χ3n) is 4.83. The predicted molar refractivity (Wildman–Crippen MR) is 115 cm³/mol. The van der Waals surface area contributed by atoms with Gasteiger partial charge in [-0.15, -0.1) is 0 Å². The van der Waals surface area contributed by atoms with Crippen molar-refractivity contribution >= 4 is 15.8 Å². The van der Waals surface area contributed by atoms with Crippen LogP contribution in [0, 0.1) is 0 Å². The first-order valence-electron chi connectivity index (χ1n) is 10.1. The van der Waals surface area contributed by atoms with E-state index < -0.39 is 9.84 Å². The summed E-state index contributed by atoms with van der Waals surface area (Å²) >= 11 is 0. The lowest BCUT2D eigenvalue weighted by atomic mass is 10.2. The molecule has 1 fully saturated rings. The summed E-state index contributed by atoms with van der Waals surface area (Å²) in [6, 6.07) is 7.90. The van der Waals surface area contributed by atoms with Crippen molar-refractivity contribution in [1.29, 1.82) is 0 Å². The van der Waals surface area contributed by atoms with E-state index in [1.54, 1.807) is 0 Å². The minimum Gasteiger partial charge on any atom is -0.492 e. The van der Waals surface area contributed by atoms with E-state index in [0.717, 1.165) is 37.5 Å². The summed E-state index contributed by atoms with van der Waals surface area (Å²) in [5.41, 5.74) is 1.08. The number of hydrogen-bond acceptors (Lipinski definition) is 5. The van der Waals surface area contributed by atoms with Crippen LogP contribution in [0.3, 0.4) is 0 Å². The Balaban J connectivity index is 1.84. The monoisotopic (exact) mass is 410 g/mol. The fourth-order valence-electron chi connectivity index (χ4n) is 3.12. The molecule has 8 heteroatoms. The van der Waals surface area contributed by atoms with Gasteiger partial charge in [0.05, 0.1) is 18.1 Å². The van der Waals surface area contributed by atoms with Crippen molar-refractivity contribution < 1.29 is 13.2 Å². The minimum atomic E-state index is -2.91. The Morgan fingerprint density at radius 3 is 2.50 bits per heavy atom. The summed E-state index contributed by atoms with van der Waals surface area (Å²) in [6.45, 7) is 11.2. The first-order valence-corrected chi connectivity index (χ1v) is 12.0. The van der Waals surface area contributed by atoms with E-state index in [1.165, 1.54) is 0 Å². The number of benzene rings is 1. The van der Waals surface area contributed by atoms with Crippen LogP contribution in [-0.2, 0) is 16.4 Å². The lowest BCUT2D eigenvalue weighted by molar-refractivity contribution is 0.223. The molecule has 2 rings (SSSR count). The van der Waals surface area contributed by atoms with Crippen molar-refractivity contribution in [2.24, 2.45) is 4.99 Å². The van der Waals surface area contributed by atoms with E-state index in [9.17, 15) is 8.42 Å². The van der Waals surface area contributed by atoms with Crippen molar-refractivity contribution in [3.05, 3.63) is 29.8 Å². The number of aliphatic imine (C=N–C) groups is 1. The van der Waals surface area contributed by atoms with Crippen LogP contribution in [0.2, 0.25) is 0 Å². The largest absolute Gasteiger partial charge is 0.492 e. The van der Waals surface area contributed by atoms with E-state index in [1.807, 2.05) is 31.2 Å². The molecular formula is C20H34N4O3S. The summed E-state index contributed by atoms with van der Waals surface area (Å²) in [6.07, 6.45) is 0.631. The SMILES string of the molecule is CCNC(=NCc1ccc(OCCN(CC)CC)cc1)NC1CCS(=O)(=O)C1. The number of likely N-dealkylation sites (N-methyl/N-ethyl adjacent to an activating group) is 1. The van der Waals surface area contributed by atoms with Gasteiger partial charge in [0, 0.05) is 19.1 Å². The Hall–Kier alpha value is -1.80. The second-order valence-electron chi connectivity index (χ2n) is 6.96. The molecule has 1 unspecified atom stereocenters. The Labute approximate surface area is 169 Å². The highest BCUT2D eigenvalue weighted by Crippen LogP contribution is 2.14. The molecule has 7 nitrogen and oxygen atoms in total. The number of guanidine groups is 1. The van der Waals surface area contributed by atoms with Crippen molar-refractivity contribution in [2.45, 2.75) is 39.8 Å². The van der Waals surface area contributed by atoms with Crippen molar-refractivity contribution in [1.82, 2.24) is 15.5 Å². The van der Waals surface area contributed by atoms with Gasteiger partial charge >= 0.3 is 0 Å². The summed E-state index contributed by atoms with van der Waals surface area (Å²) < 4.78 is 29.1. The van der Waals surface area contributed by atoms with Gasteiger partial charge in [-0.05, 0) is 44.1 Å². The number of hydrogen-bond donors (Lipinski definition) is 2. The molecule has 1 heterocycles. The molecule has 0 amide bonds. The maximum absolute atomic E-state index is 11.6. The zero-order valence-electron chi connectivity index (χ0n) is 17.3. The van der Waals surface area contributed by atoms with E-state index in [-0.39, 0.29) is 17.5 Å². The Morgan fingerprint density at radius 2 is 1.93 bits per heavy atom. The molecule has 1 aliphatic rings. The van der Waals surface area contributed by atoms with Crippen molar-refractivity contribution in [2.75, 3.05) is 44.3 Å². The molecule has 2 N–H and O–H groups in total. The summed E-state index contributed by atoms with van der Waals surface area (Å²) in [4.78, 5) is 6.91. The topological polar surface area (TPSA) is 83.0 Å². The minimum absolute atomic E-state index is 0.0654. The molecule has 0 bridgehead atoms. The third kappa shape index (κ3) is 7.67. The Kier molecular flexibility index (Phi) is 9.05. The molecule has 1 aromatic rings. The van der Waals surface area contributed by atoms with Crippen LogP contribution in [0.25, 0.3) is 0 Å². The van der Waals surface area contributed by atoms with Gasteiger partial charge in [-0.2, -0.15) is 0 Å². The number of rotatable bonds is 10. The highest BCUT2D eigenvalue weighted by Gasteiger charge is 2.28. The van der Waals surface area contributed by atoms with E-state index >= 15 is 0 Å². The van der Waals surface area contributed by atoms with E-state index in [0.29, 0.717) is 25.5 Å². The van der Waals surface area contributed by atoms with Crippen LogP contribution in [0.5, 0.6) is 5.75 Å². The Morgan fingerprint density at radius 1 is 1.21 bits per heavy atom. The van der Waals surface area contributed by atoms with Crippen LogP contribution in [0.4, 0.5) is 0 Å². The van der Waals surface area contributed by atoms with Crippen LogP contribution in [-0.4, -0.2) is 69.6 Å². The first-order chi connectivity index (χ1) is 13.5. The van der Waals surface area contributed by atoms with Gasteiger partial charge in [0.1, 0.15) is 12.4 Å². The molecule has 0 spiro atoms. The highest BCUT2D eigenvalue weighted by atomic mass is 32.2. The van der Waals surface area contributed by atoms with E-state index in [4.69, 9.17) is 4.74 Å². The molecule has 0 radical (unpaired) electrons. The van der Waals surface area contributed by atoms with Gasteiger partial charge in [0.25, 0.3) is 0 Å². The van der Waals surface area contributed by atoms with Gasteiger partial charge in [0.15, 0.2) is 15.8 Å². The maximum Gasteiger partial charge on any atom is 0.191 e.